The van der Waals surface area contributed by atoms with E-state index in [-0.39, 0.29) is 5.60 Å². The van der Waals surface area contributed by atoms with Gasteiger partial charge >= 0.3 is 0 Å². The Morgan fingerprint density at radius 3 is 2.71 bits per heavy atom. The number of likely N-dealkylation sites (tertiary alicyclic amines) is 1. The molecule has 0 radical (unpaired) electrons. The van der Waals surface area contributed by atoms with Gasteiger partial charge in [-0.2, -0.15) is 0 Å². The number of aliphatic hydroxyl groups is 1. The molecule has 2 rings (SSSR count). The standard InChI is InChI=1S/C14H28N2O/c1-15-10-7-13-6-2-5-11-16(13)12-14(17)8-3-4-9-14/h13,15,17H,2-12H2,1H3. The van der Waals surface area contributed by atoms with Gasteiger partial charge in [0, 0.05) is 12.6 Å². The van der Waals surface area contributed by atoms with E-state index in [1.165, 1.54) is 45.1 Å². The van der Waals surface area contributed by atoms with Crippen molar-refractivity contribution in [1.29, 1.82) is 0 Å². The zero-order valence-electron chi connectivity index (χ0n) is 11.2. The van der Waals surface area contributed by atoms with Crippen LogP contribution in [0.1, 0.15) is 51.4 Å². The van der Waals surface area contributed by atoms with Crippen molar-refractivity contribution in [2.24, 2.45) is 0 Å². The third-order valence-corrected chi connectivity index (χ3v) is 4.51. The zero-order valence-corrected chi connectivity index (χ0v) is 11.2. The van der Waals surface area contributed by atoms with Crippen LogP contribution >= 0.6 is 0 Å². The maximum atomic E-state index is 10.5. The number of hydrogen-bond donors (Lipinski definition) is 2. The molecule has 100 valence electrons. The smallest absolute Gasteiger partial charge is 0.0774 e. The van der Waals surface area contributed by atoms with Crippen LogP contribution in [0.2, 0.25) is 0 Å². The summed E-state index contributed by atoms with van der Waals surface area (Å²) in [5.41, 5.74) is -0.366. The highest BCUT2D eigenvalue weighted by Gasteiger charge is 2.35. The second kappa shape index (κ2) is 6.17. The van der Waals surface area contributed by atoms with Crippen molar-refractivity contribution in [2.45, 2.75) is 63.0 Å². The predicted molar refractivity (Wildman–Crippen MR) is 71.2 cm³/mol. The highest BCUT2D eigenvalue weighted by atomic mass is 16.3. The van der Waals surface area contributed by atoms with Crippen LogP contribution < -0.4 is 5.32 Å². The molecule has 1 unspecified atom stereocenters. The molecule has 0 bridgehead atoms. The minimum Gasteiger partial charge on any atom is -0.389 e. The van der Waals surface area contributed by atoms with Crippen molar-refractivity contribution in [3.05, 3.63) is 0 Å². The van der Waals surface area contributed by atoms with Gasteiger partial charge in [-0.3, -0.25) is 4.90 Å². The molecule has 2 N–H and O–H groups in total. The van der Waals surface area contributed by atoms with Crippen LogP contribution in [-0.4, -0.2) is 48.3 Å². The average Bonchev–Trinajstić information content (AvgIpc) is 2.75. The van der Waals surface area contributed by atoms with Crippen molar-refractivity contribution in [2.75, 3.05) is 26.7 Å². The summed E-state index contributed by atoms with van der Waals surface area (Å²) < 4.78 is 0. The van der Waals surface area contributed by atoms with E-state index in [1.807, 2.05) is 7.05 Å². The van der Waals surface area contributed by atoms with Crippen LogP contribution in [-0.2, 0) is 0 Å². The Morgan fingerprint density at radius 1 is 1.24 bits per heavy atom. The first-order chi connectivity index (χ1) is 8.23. The Balaban J connectivity index is 1.86. The molecule has 1 atom stereocenters. The van der Waals surface area contributed by atoms with Crippen molar-refractivity contribution in [1.82, 2.24) is 10.2 Å². The Bertz CT molecular complexity index is 226. The average molecular weight is 240 g/mol. The molecule has 2 fully saturated rings. The van der Waals surface area contributed by atoms with Crippen molar-refractivity contribution < 1.29 is 5.11 Å². The fraction of sp³-hybridized carbons (Fsp3) is 1.00. The molecule has 3 heteroatoms. The summed E-state index contributed by atoms with van der Waals surface area (Å²) in [5.74, 6) is 0. The highest BCUT2D eigenvalue weighted by Crippen LogP contribution is 2.32. The summed E-state index contributed by atoms with van der Waals surface area (Å²) in [6.45, 7) is 3.21. The number of β-amino-alcohol motifs (C(OH)–C–C–N with tert-alkyl or cyclic N) is 1. The summed E-state index contributed by atoms with van der Waals surface area (Å²) in [6.07, 6.45) is 9.68. The van der Waals surface area contributed by atoms with Crippen molar-refractivity contribution in [3.63, 3.8) is 0 Å². The van der Waals surface area contributed by atoms with Gasteiger partial charge in [-0.05, 0) is 52.2 Å². The van der Waals surface area contributed by atoms with E-state index in [2.05, 4.69) is 10.2 Å². The third kappa shape index (κ3) is 3.67. The molecule has 1 saturated carbocycles. The summed E-state index contributed by atoms with van der Waals surface area (Å²) in [5, 5.41) is 13.8. The first kappa shape index (κ1) is 13.3. The van der Waals surface area contributed by atoms with Gasteiger partial charge in [-0.15, -0.1) is 0 Å². The quantitative estimate of drug-likeness (QED) is 0.768. The fourth-order valence-electron chi connectivity index (χ4n) is 3.48. The minimum atomic E-state index is -0.366. The number of rotatable bonds is 5. The van der Waals surface area contributed by atoms with Gasteiger partial charge in [-0.25, -0.2) is 0 Å². The maximum Gasteiger partial charge on any atom is 0.0774 e. The number of hydrogen-bond acceptors (Lipinski definition) is 3. The molecule has 0 spiro atoms. The van der Waals surface area contributed by atoms with E-state index in [4.69, 9.17) is 0 Å². The van der Waals surface area contributed by atoms with Crippen LogP contribution in [0.4, 0.5) is 0 Å². The molecular weight excluding hydrogens is 212 g/mol. The second-order valence-electron chi connectivity index (χ2n) is 5.94. The molecule has 1 heterocycles. The molecule has 1 aliphatic carbocycles. The first-order valence-corrected chi connectivity index (χ1v) is 7.34. The number of nitrogens with zero attached hydrogens (tertiary/aromatic N) is 1. The summed E-state index contributed by atoms with van der Waals surface area (Å²) in [6, 6.07) is 0.695. The lowest BCUT2D eigenvalue weighted by Crippen LogP contribution is -2.49. The van der Waals surface area contributed by atoms with Gasteiger partial charge < -0.3 is 10.4 Å². The largest absolute Gasteiger partial charge is 0.389 e. The molecule has 2 aliphatic rings. The first-order valence-electron chi connectivity index (χ1n) is 7.34. The van der Waals surface area contributed by atoms with Gasteiger partial charge in [0.15, 0.2) is 0 Å². The lowest BCUT2D eigenvalue weighted by molar-refractivity contribution is -0.0132. The molecule has 1 saturated heterocycles. The molecule has 0 aromatic heterocycles. The second-order valence-corrected chi connectivity index (χ2v) is 5.94. The van der Waals surface area contributed by atoms with E-state index in [9.17, 15) is 5.11 Å². The Hall–Kier alpha value is -0.120. The molecule has 0 aromatic carbocycles. The normalized spacial score (nSPS) is 29.6. The topological polar surface area (TPSA) is 35.5 Å². The van der Waals surface area contributed by atoms with Crippen LogP contribution in [0.3, 0.4) is 0 Å². The molecular formula is C14H28N2O. The monoisotopic (exact) mass is 240 g/mol. The van der Waals surface area contributed by atoms with Crippen molar-refractivity contribution >= 4 is 0 Å². The Labute approximate surface area is 106 Å². The van der Waals surface area contributed by atoms with E-state index in [0.717, 1.165) is 25.9 Å². The maximum absolute atomic E-state index is 10.5. The van der Waals surface area contributed by atoms with E-state index in [0.29, 0.717) is 6.04 Å². The van der Waals surface area contributed by atoms with Crippen LogP contribution in [0.15, 0.2) is 0 Å². The number of piperidine rings is 1. The SMILES string of the molecule is CNCCC1CCCCN1CC1(O)CCCC1. The third-order valence-electron chi connectivity index (χ3n) is 4.51. The predicted octanol–water partition coefficient (Wildman–Crippen LogP) is 1.76. The van der Waals surface area contributed by atoms with Crippen LogP contribution in [0, 0.1) is 0 Å². The van der Waals surface area contributed by atoms with E-state index in [1.54, 1.807) is 0 Å². The van der Waals surface area contributed by atoms with Gasteiger partial charge in [0.2, 0.25) is 0 Å². The highest BCUT2D eigenvalue weighted by molar-refractivity contribution is 4.90. The molecule has 1 aliphatic heterocycles. The Morgan fingerprint density at radius 2 is 2.00 bits per heavy atom. The van der Waals surface area contributed by atoms with E-state index >= 15 is 0 Å². The summed E-state index contributed by atoms with van der Waals surface area (Å²) >= 11 is 0. The zero-order chi connectivity index (χ0) is 12.1. The number of nitrogens with one attached hydrogen (secondary N) is 1. The Kier molecular flexibility index (Phi) is 4.83. The van der Waals surface area contributed by atoms with Gasteiger partial charge in [0.05, 0.1) is 5.60 Å². The van der Waals surface area contributed by atoms with Crippen LogP contribution in [0.5, 0.6) is 0 Å². The summed E-state index contributed by atoms with van der Waals surface area (Å²) in [4.78, 5) is 2.56. The lowest BCUT2D eigenvalue weighted by Gasteiger charge is -2.40. The minimum absolute atomic E-state index is 0.366. The molecule has 17 heavy (non-hydrogen) atoms. The lowest BCUT2D eigenvalue weighted by atomic mass is 9.95. The van der Waals surface area contributed by atoms with Crippen molar-refractivity contribution in [3.8, 4) is 0 Å². The molecule has 0 aromatic rings. The van der Waals surface area contributed by atoms with Crippen LogP contribution in [0.25, 0.3) is 0 Å². The molecule has 0 amide bonds. The fourth-order valence-corrected chi connectivity index (χ4v) is 3.48. The van der Waals surface area contributed by atoms with Gasteiger partial charge in [0.1, 0.15) is 0 Å². The summed E-state index contributed by atoms with van der Waals surface area (Å²) in [7, 11) is 2.03. The molecule has 3 nitrogen and oxygen atoms in total. The van der Waals surface area contributed by atoms with E-state index < -0.39 is 0 Å². The van der Waals surface area contributed by atoms with Gasteiger partial charge in [0.25, 0.3) is 0 Å². The van der Waals surface area contributed by atoms with Gasteiger partial charge in [-0.1, -0.05) is 19.3 Å².